The van der Waals surface area contributed by atoms with E-state index in [2.05, 4.69) is 26.1 Å². The molecular weight excluding hydrogens is 204 g/mol. The summed E-state index contributed by atoms with van der Waals surface area (Å²) in [5.74, 6) is 0.142. The first-order valence-corrected chi connectivity index (χ1v) is 5.96. The second-order valence-corrected chi connectivity index (χ2v) is 5.93. The number of carbonyl (C=O) groups is 1. The van der Waals surface area contributed by atoms with E-state index in [0.717, 1.165) is 19.4 Å². The van der Waals surface area contributed by atoms with Crippen LogP contribution in [0.5, 0.6) is 0 Å². The molecule has 1 saturated heterocycles. The zero-order chi connectivity index (χ0) is 12.3. The summed E-state index contributed by atoms with van der Waals surface area (Å²) < 4.78 is 0. The van der Waals surface area contributed by atoms with Crippen molar-refractivity contribution in [2.45, 2.75) is 45.8 Å². The van der Waals surface area contributed by atoms with Gasteiger partial charge in [-0.05, 0) is 18.3 Å². The van der Waals surface area contributed by atoms with Crippen LogP contribution in [0, 0.1) is 5.41 Å². The van der Waals surface area contributed by atoms with Crippen LogP contribution in [0.2, 0.25) is 0 Å². The molecule has 0 aromatic heterocycles. The SMILES string of the molecule is CN1CCC(NCC(O)CC(C)(C)C)C1=O. The first-order chi connectivity index (χ1) is 7.29. The lowest BCUT2D eigenvalue weighted by Crippen LogP contribution is -2.41. The highest BCUT2D eigenvalue weighted by Gasteiger charge is 2.29. The lowest BCUT2D eigenvalue weighted by Gasteiger charge is -2.23. The van der Waals surface area contributed by atoms with Crippen LogP contribution in [-0.4, -0.2) is 48.2 Å². The van der Waals surface area contributed by atoms with Crippen molar-refractivity contribution in [2.24, 2.45) is 5.41 Å². The van der Waals surface area contributed by atoms with Gasteiger partial charge >= 0.3 is 0 Å². The third-order valence-electron chi connectivity index (χ3n) is 2.88. The van der Waals surface area contributed by atoms with E-state index >= 15 is 0 Å². The maximum atomic E-state index is 11.6. The Morgan fingerprint density at radius 2 is 2.19 bits per heavy atom. The lowest BCUT2D eigenvalue weighted by molar-refractivity contribution is -0.128. The second-order valence-electron chi connectivity index (χ2n) is 5.93. The van der Waals surface area contributed by atoms with Gasteiger partial charge in [0.25, 0.3) is 0 Å². The standard InChI is InChI=1S/C12H24N2O2/c1-12(2,3)7-9(15)8-13-10-5-6-14(4)11(10)16/h9-10,13,15H,5-8H2,1-4H3. The molecule has 1 rings (SSSR count). The Hall–Kier alpha value is -0.610. The lowest BCUT2D eigenvalue weighted by atomic mass is 9.89. The number of hydrogen-bond donors (Lipinski definition) is 2. The van der Waals surface area contributed by atoms with E-state index in [9.17, 15) is 9.90 Å². The Balaban J connectivity index is 2.27. The van der Waals surface area contributed by atoms with Crippen LogP contribution < -0.4 is 5.32 Å². The summed E-state index contributed by atoms with van der Waals surface area (Å²) in [6.45, 7) is 7.62. The van der Waals surface area contributed by atoms with E-state index in [-0.39, 0.29) is 23.5 Å². The summed E-state index contributed by atoms with van der Waals surface area (Å²) >= 11 is 0. The first-order valence-electron chi connectivity index (χ1n) is 5.96. The Bertz CT molecular complexity index is 248. The number of nitrogens with one attached hydrogen (secondary N) is 1. The van der Waals surface area contributed by atoms with Gasteiger partial charge in [0.2, 0.25) is 5.91 Å². The number of likely N-dealkylation sites (N-methyl/N-ethyl adjacent to an activating group) is 1. The average molecular weight is 228 g/mol. The minimum Gasteiger partial charge on any atom is -0.392 e. The van der Waals surface area contributed by atoms with Gasteiger partial charge in [-0.25, -0.2) is 0 Å². The van der Waals surface area contributed by atoms with Crippen molar-refractivity contribution in [2.75, 3.05) is 20.1 Å². The van der Waals surface area contributed by atoms with E-state index in [1.807, 2.05) is 7.05 Å². The van der Waals surface area contributed by atoms with Crippen molar-refractivity contribution in [3.8, 4) is 0 Å². The minimum atomic E-state index is -0.376. The zero-order valence-corrected chi connectivity index (χ0v) is 10.8. The van der Waals surface area contributed by atoms with E-state index in [4.69, 9.17) is 0 Å². The van der Waals surface area contributed by atoms with E-state index in [1.165, 1.54) is 0 Å². The molecule has 94 valence electrons. The fourth-order valence-electron chi connectivity index (χ4n) is 2.07. The predicted molar refractivity (Wildman–Crippen MR) is 64.1 cm³/mol. The van der Waals surface area contributed by atoms with E-state index in [0.29, 0.717) is 6.54 Å². The van der Waals surface area contributed by atoms with Crippen LogP contribution in [0.3, 0.4) is 0 Å². The molecule has 2 unspecified atom stereocenters. The number of amides is 1. The molecule has 0 aromatic rings. The number of aliphatic hydroxyl groups excluding tert-OH is 1. The summed E-state index contributed by atoms with van der Waals surface area (Å²) in [4.78, 5) is 13.3. The largest absolute Gasteiger partial charge is 0.392 e. The molecule has 0 aromatic carbocycles. The maximum Gasteiger partial charge on any atom is 0.239 e. The third-order valence-corrected chi connectivity index (χ3v) is 2.88. The molecule has 1 aliphatic heterocycles. The molecule has 1 aliphatic rings. The fourth-order valence-corrected chi connectivity index (χ4v) is 2.07. The fraction of sp³-hybridized carbons (Fsp3) is 0.917. The highest BCUT2D eigenvalue weighted by Crippen LogP contribution is 2.20. The van der Waals surface area contributed by atoms with Gasteiger partial charge in [0.1, 0.15) is 0 Å². The highest BCUT2D eigenvalue weighted by atomic mass is 16.3. The smallest absolute Gasteiger partial charge is 0.239 e. The van der Waals surface area contributed by atoms with Gasteiger partial charge in [0.05, 0.1) is 12.1 Å². The molecule has 0 spiro atoms. The number of rotatable bonds is 4. The van der Waals surface area contributed by atoms with Gasteiger partial charge in [0.15, 0.2) is 0 Å². The predicted octanol–water partition coefficient (Wildman–Crippen LogP) is 0.604. The Kier molecular flexibility index (Phi) is 4.33. The van der Waals surface area contributed by atoms with Gasteiger partial charge in [-0.15, -0.1) is 0 Å². The van der Waals surface area contributed by atoms with Crippen molar-refractivity contribution in [3.63, 3.8) is 0 Å². The molecule has 2 atom stereocenters. The highest BCUT2D eigenvalue weighted by molar-refractivity contribution is 5.83. The number of aliphatic hydroxyl groups is 1. The normalized spacial score (nSPS) is 23.9. The van der Waals surface area contributed by atoms with Gasteiger partial charge in [-0.1, -0.05) is 20.8 Å². The van der Waals surface area contributed by atoms with E-state index in [1.54, 1.807) is 4.90 Å². The van der Waals surface area contributed by atoms with Crippen LogP contribution in [-0.2, 0) is 4.79 Å². The Labute approximate surface area is 98.0 Å². The summed E-state index contributed by atoms with van der Waals surface area (Å²) in [6, 6.07) is -0.0976. The maximum absolute atomic E-state index is 11.6. The Morgan fingerprint density at radius 3 is 2.62 bits per heavy atom. The Morgan fingerprint density at radius 1 is 1.56 bits per heavy atom. The van der Waals surface area contributed by atoms with Crippen molar-refractivity contribution >= 4 is 5.91 Å². The molecule has 1 amide bonds. The number of likely N-dealkylation sites (tertiary alicyclic amines) is 1. The van der Waals surface area contributed by atoms with Gasteiger partial charge in [-0.3, -0.25) is 4.79 Å². The first kappa shape index (κ1) is 13.5. The molecule has 4 heteroatoms. The molecule has 1 heterocycles. The van der Waals surface area contributed by atoms with Crippen molar-refractivity contribution in [1.29, 1.82) is 0 Å². The molecule has 0 saturated carbocycles. The number of hydrogen-bond acceptors (Lipinski definition) is 3. The molecule has 16 heavy (non-hydrogen) atoms. The summed E-state index contributed by atoms with van der Waals surface area (Å²) in [6.07, 6.45) is 1.22. The monoisotopic (exact) mass is 228 g/mol. The molecular formula is C12H24N2O2. The van der Waals surface area contributed by atoms with Crippen LogP contribution >= 0.6 is 0 Å². The summed E-state index contributed by atoms with van der Waals surface area (Å²) in [5, 5.41) is 13.0. The molecule has 0 bridgehead atoms. The van der Waals surface area contributed by atoms with Crippen LogP contribution in [0.4, 0.5) is 0 Å². The zero-order valence-electron chi connectivity index (χ0n) is 10.8. The third kappa shape index (κ3) is 4.10. The minimum absolute atomic E-state index is 0.0976. The molecule has 2 N–H and O–H groups in total. The number of nitrogens with zero attached hydrogens (tertiary/aromatic N) is 1. The summed E-state index contributed by atoms with van der Waals surface area (Å²) in [5.41, 5.74) is 0.123. The number of carbonyl (C=O) groups excluding carboxylic acids is 1. The van der Waals surface area contributed by atoms with Gasteiger partial charge in [-0.2, -0.15) is 0 Å². The van der Waals surface area contributed by atoms with Crippen LogP contribution in [0.25, 0.3) is 0 Å². The topological polar surface area (TPSA) is 52.6 Å². The molecule has 4 nitrogen and oxygen atoms in total. The average Bonchev–Trinajstić information content (AvgIpc) is 2.42. The van der Waals surface area contributed by atoms with Gasteiger partial charge in [0, 0.05) is 20.1 Å². The van der Waals surface area contributed by atoms with Crippen molar-refractivity contribution in [3.05, 3.63) is 0 Å². The van der Waals surface area contributed by atoms with Crippen molar-refractivity contribution in [1.82, 2.24) is 10.2 Å². The second kappa shape index (κ2) is 5.15. The summed E-state index contributed by atoms with van der Waals surface area (Å²) in [7, 11) is 1.82. The molecule has 0 radical (unpaired) electrons. The quantitative estimate of drug-likeness (QED) is 0.741. The van der Waals surface area contributed by atoms with Crippen LogP contribution in [0.1, 0.15) is 33.6 Å². The van der Waals surface area contributed by atoms with E-state index < -0.39 is 0 Å². The van der Waals surface area contributed by atoms with Crippen molar-refractivity contribution < 1.29 is 9.90 Å². The molecule has 1 fully saturated rings. The van der Waals surface area contributed by atoms with Crippen LogP contribution in [0.15, 0.2) is 0 Å². The van der Waals surface area contributed by atoms with Gasteiger partial charge < -0.3 is 15.3 Å². The molecule has 0 aliphatic carbocycles.